The highest BCUT2D eigenvalue weighted by molar-refractivity contribution is 5.98. The molecule has 0 spiro atoms. The van der Waals surface area contributed by atoms with E-state index in [4.69, 9.17) is 11.5 Å². The Morgan fingerprint density at radius 3 is 2.89 bits per heavy atom. The number of nitrogens with two attached hydrogens (primary N) is 2. The number of aromatic nitrogens is 1. The molecule has 1 saturated heterocycles. The van der Waals surface area contributed by atoms with Crippen molar-refractivity contribution in [3.8, 4) is 0 Å². The van der Waals surface area contributed by atoms with Gasteiger partial charge < -0.3 is 16.8 Å². The number of pyridine rings is 1. The summed E-state index contributed by atoms with van der Waals surface area (Å²) in [6.07, 6.45) is 5.25. The van der Waals surface area contributed by atoms with Crippen LogP contribution >= 0.6 is 0 Å². The second-order valence-electron chi connectivity index (χ2n) is 5.39. The van der Waals surface area contributed by atoms with Gasteiger partial charge in [0.25, 0.3) is 5.91 Å². The number of carbonyl (C=O) groups excluding carboxylic acids is 1. The van der Waals surface area contributed by atoms with E-state index in [0.29, 0.717) is 23.1 Å². The fourth-order valence-corrected chi connectivity index (χ4v) is 2.65. The van der Waals surface area contributed by atoms with Crippen LogP contribution in [0.25, 0.3) is 0 Å². The highest BCUT2D eigenvalue weighted by Gasteiger charge is 2.34. The zero-order valence-electron chi connectivity index (χ0n) is 10.8. The van der Waals surface area contributed by atoms with Crippen LogP contribution in [0.2, 0.25) is 0 Å². The first-order valence-electron chi connectivity index (χ1n) is 6.69. The van der Waals surface area contributed by atoms with E-state index in [1.165, 1.54) is 12.8 Å². The molecule has 0 aromatic carbocycles. The SMILES string of the molecule is NC(=O)c1cc(N)cnc1NC1CCN(C2CC2)C1. The molecule has 1 amide bonds. The molecule has 102 valence electrons. The number of nitrogen functional groups attached to an aromatic ring is 1. The summed E-state index contributed by atoms with van der Waals surface area (Å²) in [5.74, 6) is 0.0451. The van der Waals surface area contributed by atoms with Gasteiger partial charge >= 0.3 is 0 Å². The smallest absolute Gasteiger partial charge is 0.252 e. The monoisotopic (exact) mass is 261 g/mol. The molecule has 1 aliphatic carbocycles. The van der Waals surface area contributed by atoms with Gasteiger partial charge in [-0.3, -0.25) is 9.69 Å². The number of amides is 1. The molecule has 1 atom stereocenters. The lowest BCUT2D eigenvalue weighted by Gasteiger charge is -2.17. The van der Waals surface area contributed by atoms with Gasteiger partial charge in [0.1, 0.15) is 5.82 Å². The summed E-state index contributed by atoms with van der Waals surface area (Å²) in [6.45, 7) is 2.12. The van der Waals surface area contributed by atoms with Crippen LogP contribution in [-0.4, -0.2) is 41.0 Å². The largest absolute Gasteiger partial charge is 0.397 e. The van der Waals surface area contributed by atoms with Crippen LogP contribution in [-0.2, 0) is 0 Å². The molecule has 6 nitrogen and oxygen atoms in total. The Kier molecular flexibility index (Phi) is 3.02. The van der Waals surface area contributed by atoms with Gasteiger partial charge in [0.15, 0.2) is 0 Å². The fourth-order valence-electron chi connectivity index (χ4n) is 2.65. The van der Waals surface area contributed by atoms with Crippen LogP contribution in [0, 0.1) is 0 Å². The van der Waals surface area contributed by atoms with E-state index < -0.39 is 5.91 Å². The van der Waals surface area contributed by atoms with Crippen molar-refractivity contribution in [2.45, 2.75) is 31.3 Å². The van der Waals surface area contributed by atoms with Gasteiger partial charge in [-0.1, -0.05) is 0 Å². The van der Waals surface area contributed by atoms with Crippen molar-refractivity contribution in [1.82, 2.24) is 9.88 Å². The normalized spacial score (nSPS) is 23.5. The van der Waals surface area contributed by atoms with Crippen LogP contribution in [0.3, 0.4) is 0 Å². The Balaban J connectivity index is 1.71. The van der Waals surface area contributed by atoms with E-state index >= 15 is 0 Å². The molecular formula is C13H19N5O. The van der Waals surface area contributed by atoms with Crippen molar-refractivity contribution in [2.24, 2.45) is 5.73 Å². The summed E-state index contributed by atoms with van der Waals surface area (Å²) in [4.78, 5) is 18.1. The molecule has 0 bridgehead atoms. The van der Waals surface area contributed by atoms with Gasteiger partial charge in [0.2, 0.25) is 0 Å². The van der Waals surface area contributed by atoms with E-state index in [9.17, 15) is 4.79 Å². The van der Waals surface area contributed by atoms with Crippen molar-refractivity contribution in [3.05, 3.63) is 17.8 Å². The molecule has 2 fully saturated rings. The number of primary amides is 1. The van der Waals surface area contributed by atoms with E-state index in [1.54, 1.807) is 12.3 Å². The van der Waals surface area contributed by atoms with Crippen molar-refractivity contribution in [1.29, 1.82) is 0 Å². The third-order valence-electron chi connectivity index (χ3n) is 3.80. The number of hydrogen-bond donors (Lipinski definition) is 3. The maximum absolute atomic E-state index is 11.4. The van der Waals surface area contributed by atoms with E-state index in [2.05, 4.69) is 15.2 Å². The van der Waals surface area contributed by atoms with E-state index in [0.717, 1.165) is 25.6 Å². The second kappa shape index (κ2) is 4.70. The number of anilines is 2. The predicted molar refractivity (Wildman–Crippen MR) is 73.8 cm³/mol. The molecule has 19 heavy (non-hydrogen) atoms. The topological polar surface area (TPSA) is 97.3 Å². The average Bonchev–Trinajstić information content (AvgIpc) is 3.12. The number of nitrogens with one attached hydrogen (secondary N) is 1. The molecule has 0 radical (unpaired) electrons. The molecule has 2 aliphatic rings. The minimum atomic E-state index is -0.501. The van der Waals surface area contributed by atoms with Crippen molar-refractivity contribution >= 4 is 17.4 Å². The zero-order valence-corrected chi connectivity index (χ0v) is 10.8. The maximum atomic E-state index is 11.4. The van der Waals surface area contributed by atoms with Crippen LogP contribution in [0.4, 0.5) is 11.5 Å². The maximum Gasteiger partial charge on any atom is 0.252 e. The highest BCUT2D eigenvalue weighted by Crippen LogP contribution is 2.30. The number of hydrogen-bond acceptors (Lipinski definition) is 5. The van der Waals surface area contributed by atoms with Crippen LogP contribution < -0.4 is 16.8 Å². The average molecular weight is 261 g/mol. The first-order valence-corrected chi connectivity index (χ1v) is 6.69. The third kappa shape index (κ3) is 2.63. The van der Waals surface area contributed by atoms with Crippen LogP contribution in [0.5, 0.6) is 0 Å². The molecule has 1 saturated carbocycles. The lowest BCUT2D eigenvalue weighted by atomic mass is 10.2. The zero-order chi connectivity index (χ0) is 13.4. The number of likely N-dealkylation sites (tertiary alicyclic amines) is 1. The Hall–Kier alpha value is -1.82. The molecular weight excluding hydrogens is 242 g/mol. The minimum absolute atomic E-state index is 0.329. The highest BCUT2D eigenvalue weighted by atomic mass is 16.1. The van der Waals surface area contributed by atoms with Crippen LogP contribution in [0.1, 0.15) is 29.6 Å². The summed E-state index contributed by atoms with van der Waals surface area (Å²) >= 11 is 0. The van der Waals surface area contributed by atoms with Crippen molar-refractivity contribution < 1.29 is 4.79 Å². The van der Waals surface area contributed by atoms with Gasteiger partial charge in [0, 0.05) is 25.2 Å². The van der Waals surface area contributed by atoms with E-state index in [1.807, 2.05) is 0 Å². The van der Waals surface area contributed by atoms with Gasteiger partial charge in [-0.2, -0.15) is 0 Å². The third-order valence-corrected chi connectivity index (χ3v) is 3.80. The second-order valence-corrected chi connectivity index (χ2v) is 5.39. The van der Waals surface area contributed by atoms with Gasteiger partial charge in [0.05, 0.1) is 17.4 Å². The lowest BCUT2D eigenvalue weighted by Crippen LogP contribution is -2.29. The van der Waals surface area contributed by atoms with Crippen molar-refractivity contribution in [3.63, 3.8) is 0 Å². The Morgan fingerprint density at radius 2 is 2.21 bits per heavy atom. The minimum Gasteiger partial charge on any atom is -0.397 e. The number of nitrogens with zero attached hydrogens (tertiary/aromatic N) is 2. The number of carbonyl (C=O) groups is 1. The predicted octanol–water partition coefficient (Wildman–Crippen LogP) is 0.411. The molecule has 3 rings (SSSR count). The molecule has 6 heteroatoms. The first-order chi connectivity index (χ1) is 9.13. The number of rotatable bonds is 4. The molecule has 1 aromatic heterocycles. The molecule has 5 N–H and O–H groups in total. The molecule has 1 aromatic rings. The van der Waals surface area contributed by atoms with Gasteiger partial charge in [-0.25, -0.2) is 4.98 Å². The summed E-state index contributed by atoms with van der Waals surface area (Å²) in [7, 11) is 0. The fraction of sp³-hybridized carbons (Fsp3) is 0.538. The molecule has 2 heterocycles. The van der Waals surface area contributed by atoms with E-state index in [-0.39, 0.29) is 0 Å². The Morgan fingerprint density at radius 1 is 1.42 bits per heavy atom. The summed E-state index contributed by atoms with van der Waals surface area (Å²) < 4.78 is 0. The molecule has 1 unspecified atom stereocenters. The lowest BCUT2D eigenvalue weighted by molar-refractivity contribution is 0.100. The van der Waals surface area contributed by atoms with Crippen molar-refractivity contribution in [2.75, 3.05) is 24.1 Å². The first kappa shape index (κ1) is 12.2. The van der Waals surface area contributed by atoms with Gasteiger partial charge in [-0.05, 0) is 25.3 Å². The molecule has 1 aliphatic heterocycles. The Labute approximate surface area is 112 Å². The Bertz CT molecular complexity index is 500. The quantitative estimate of drug-likeness (QED) is 0.729. The van der Waals surface area contributed by atoms with Gasteiger partial charge in [-0.15, -0.1) is 0 Å². The van der Waals surface area contributed by atoms with Crippen LogP contribution in [0.15, 0.2) is 12.3 Å². The summed E-state index contributed by atoms with van der Waals surface area (Å²) in [5, 5.41) is 3.32. The summed E-state index contributed by atoms with van der Waals surface area (Å²) in [5.41, 5.74) is 11.8. The standard InChI is InChI=1S/C13H19N5O/c14-8-5-11(12(15)19)13(16-6-8)17-9-3-4-18(7-9)10-1-2-10/h5-6,9-10H,1-4,7,14H2,(H2,15,19)(H,16,17). The summed E-state index contributed by atoms with van der Waals surface area (Å²) in [6, 6.07) is 2.68.